The lowest BCUT2D eigenvalue weighted by atomic mass is 10.2. The molecular formula is C12H10ClN3S. The number of aromatic nitrogens is 1. The molecule has 0 radical (unpaired) electrons. The quantitative estimate of drug-likeness (QED) is 0.834. The Labute approximate surface area is 109 Å². The van der Waals surface area contributed by atoms with E-state index < -0.39 is 0 Å². The highest BCUT2D eigenvalue weighted by molar-refractivity contribution is 7.19. The van der Waals surface area contributed by atoms with Crippen molar-refractivity contribution in [2.24, 2.45) is 0 Å². The molecule has 0 fully saturated rings. The van der Waals surface area contributed by atoms with Gasteiger partial charge in [0, 0.05) is 14.1 Å². The molecule has 0 saturated heterocycles. The van der Waals surface area contributed by atoms with Gasteiger partial charge >= 0.3 is 0 Å². The van der Waals surface area contributed by atoms with Gasteiger partial charge in [0.1, 0.15) is 11.9 Å². The molecule has 0 N–H and O–H groups in total. The molecular weight excluding hydrogens is 254 g/mol. The van der Waals surface area contributed by atoms with Gasteiger partial charge in [0.2, 0.25) is 0 Å². The lowest BCUT2D eigenvalue weighted by molar-refractivity contribution is 1.06. The van der Waals surface area contributed by atoms with E-state index in [4.69, 9.17) is 16.9 Å². The Morgan fingerprint density at radius 3 is 2.59 bits per heavy atom. The van der Waals surface area contributed by atoms with Gasteiger partial charge in [-0.3, -0.25) is 0 Å². The van der Waals surface area contributed by atoms with Crippen LogP contribution in [0.2, 0.25) is 4.34 Å². The van der Waals surface area contributed by atoms with Crippen LogP contribution in [0.3, 0.4) is 0 Å². The van der Waals surface area contributed by atoms with Crippen LogP contribution in [-0.4, -0.2) is 19.1 Å². The fourth-order valence-corrected chi connectivity index (χ4v) is 2.48. The maximum Gasteiger partial charge on any atom is 0.146 e. The van der Waals surface area contributed by atoms with Crippen molar-refractivity contribution in [1.82, 2.24) is 4.98 Å². The number of nitrogens with zero attached hydrogens (tertiary/aromatic N) is 3. The zero-order chi connectivity index (χ0) is 12.4. The third-order valence-electron chi connectivity index (χ3n) is 2.24. The summed E-state index contributed by atoms with van der Waals surface area (Å²) in [5.74, 6) is 0.675. The van der Waals surface area contributed by atoms with Gasteiger partial charge in [-0.25, -0.2) is 4.98 Å². The van der Waals surface area contributed by atoms with E-state index in [0.717, 1.165) is 14.9 Å². The van der Waals surface area contributed by atoms with Crippen molar-refractivity contribution >= 4 is 28.8 Å². The highest BCUT2D eigenvalue weighted by Gasteiger charge is 2.10. The number of pyridine rings is 1. The molecule has 17 heavy (non-hydrogen) atoms. The summed E-state index contributed by atoms with van der Waals surface area (Å²) in [4.78, 5) is 7.31. The van der Waals surface area contributed by atoms with Crippen molar-refractivity contribution in [1.29, 1.82) is 5.26 Å². The summed E-state index contributed by atoms with van der Waals surface area (Å²) in [5.41, 5.74) is 1.41. The summed E-state index contributed by atoms with van der Waals surface area (Å²) in [6, 6.07) is 9.53. The smallest absolute Gasteiger partial charge is 0.146 e. The number of thiophene rings is 1. The van der Waals surface area contributed by atoms with Gasteiger partial charge < -0.3 is 4.90 Å². The van der Waals surface area contributed by atoms with E-state index in [1.54, 1.807) is 6.07 Å². The number of halogens is 1. The Morgan fingerprint density at radius 2 is 2.06 bits per heavy atom. The van der Waals surface area contributed by atoms with Gasteiger partial charge in [0.15, 0.2) is 0 Å². The number of hydrogen-bond acceptors (Lipinski definition) is 4. The third-order valence-corrected chi connectivity index (χ3v) is 3.50. The van der Waals surface area contributed by atoms with Crippen LogP contribution >= 0.6 is 22.9 Å². The molecule has 0 aromatic carbocycles. The number of hydrogen-bond donors (Lipinski definition) is 0. The molecule has 0 atom stereocenters. The molecule has 0 spiro atoms. The van der Waals surface area contributed by atoms with Gasteiger partial charge in [-0.2, -0.15) is 5.26 Å². The Balaban J connectivity index is 2.52. The maximum atomic E-state index is 9.00. The lowest BCUT2D eigenvalue weighted by Gasteiger charge is -2.13. The second-order valence-electron chi connectivity index (χ2n) is 3.68. The predicted molar refractivity (Wildman–Crippen MR) is 71.6 cm³/mol. The topological polar surface area (TPSA) is 39.9 Å². The minimum atomic E-state index is 0.571. The maximum absolute atomic E-state index is 9.00. The monoisotopic (exact) mass is 263 g/mol. The minimum Gasteiger partial charge on any atom is -0.362 e. The first-order chi connectivity index (χ1) is 8.11. The third kappa shape index (κ3) is 2.41. The zero-order valence-corrected chi connectivity index (χ0v) is 11.0. The number of rotatable bonds is 2. The van der Waals surface area contributed by atoms with Crippen LogP contribution in [-0.2, 0) is 0 Å². The van der Waals surface area contributed by atoms with E-state index in [1.807, 2.05) is 37.2 Å². The molecule has 3 nitrogen and oxygen atoms in total. The average Bonchev–Trinajstić information content (AvgIpc) is 2.75. The molecule has 0 aliphatic heterocycles. The van der Waals surface area contributed by atoms with Crippen molar-refractivity contribution in [3.05, 3.63) is 34.2 Å². The summed E-state index contributed by atoms with van der Waals surface area (Å²) in [6.07, 6.45) is 0. The van der Waals surface area contributed by atoms with E-state index in [0.29, 0.717) is 11.4 Å². The number of nitriles is 1. The van der Waals surface area contributed by atoms with E-state index >= 15 is 0 Å². The van der Waals surface area contributed by atoms with Gasteiger partial charge in [0.25, 0.3) is 0 Å². The molecule has 2 heterocycles. The molecule has 2 aromatic heterocycles. The van der Waals surface area contributed by atoms with Crippen LogP contribution in [0.5, 0.6) is 0 Å². The molecule has 0 amide bonds. The van der Waals surface area contributed by atoms with Crippen LogP contribution in [0.25, 0.3) is 10.6 Å². The molecule has 5 heteroatoms. The molecule has 86 valence electrons. The van der Waals surface area contributed by atoms with Crippen LogP contribution in [0.1, 0.15) is 5.56 Å². The normalized spacial score (nSPS) is 10.0. The van der Waals surface area contributed by atoms with Gasteiger partial charge in [-0.15, -0.1) is 11.3 Å². The Hall–Kier alpha value is -1.57. The summed E-state index contributed by atoms with van der Waals surface area (Å²) in [6.45, 7) is 0. The molecule has 0 saturated carbocycles. The fraction of sp³-hybridized carbons (Fsp3) is 0.167. The largest absolute Gasteiger partial charge is 0.362 e. The zero-order valence-electron chi connectivity index (χ0n) is 9.44. The van der Waals surface area contributed by atoms with Crippen molar-refractivity contribution in [3.8, 4) is 16.6 Å². The van der Waals surface area contributed by atoms with E-state index in [2.05, 4.69) is 11.1 Å². The standard InChI is InChI=1S/C12H10ClN3S/c1-16(2)12-8(7-14)3-4-9(15-12)10-5-6-11(13)17-10/h3-6H,1-2H3. The van der Waals surface area contributed by atoms with Crippen molar-refractivity contribution in [3.63, 3.8) is 0 Å². The van der Waals surface area contributed by atoms with Crippen molar-refractivity contribution in [2.75, 3.05) is 19.0 Å². The first-order valence-corrected chi connectivity index (χ1v) is 6.15. The highest BCUT2D eigenvalue weighted by atomic mass is 35.5. The molecule has 2 rings (SSSR count). The van der Waals surface area contributed by atoms with Crippen molar-refractivity contribution < 1.29 is 0 Å². The molecule has 0 bridgehead atoms. The summed E-state index contributed by atoms with van der Waals surface area (Å²) >= 11 is 7.38. The fourth-order valence-electron chi connectivity index (χ4n) is 1.47. The van der Waals surface area contributed by atoms with Crippen LogP contribution in [0.15, 0.2) is 24.3 Å². The van der Waals surface area contributed by atoms with Crippen LogP contribution < -0.4 is 4.90 Å². The first kappa shape index (κ1) is 11.9. The van der Waals surface area contributed by atoms with Crippen molar-refractivity contribution in [2.45, 2.75) is 0 Å². The molecule has 0 aliphatic carbocycles. The van der Waals surface area contributed by atoms with E-state index in [1.165, 1.54) is 11.3 Å². The molecule has 0 aliphatic rings. The second kappa shape index (κ2) is 4.74. The Bertz CT molecular complexity index is 584. The van der Waals surface area contributed by atoms with E-state index in [9.17, 15) is 0 Å². The minimum absolute atomic E-state index is 0.571. The molecule has 2 aromatic rings. The Morgan fingerprint density at radius 1 is 1.29 bits per heavy atom. The SMILES string of the molecule is CN(C)c1nc(-c2ccc(Cl)s2)ccc1C#N. The summed E-state index contributed by atoms with van der Waals surface area (Å²) in [7, 11) is 3.74. The lowest BCUT2D eigenvalue weighted by Crippen LogP contribution is -2.12. The summed E-state index contributed by atoms with van der Waals surface area (Å²) < 4.78 is 0.734. The average molecular weight is 264 g/mol. The van der Waals surface area contributed by atoms with Crippen LogP contribution in [0, 0.1) is 11.3 Å². The second-order valence-corrected chi connectivity index (χ2v) is 5.39. The first-order valence-electron chi connectivity index (χ1n) is 4.96. The van der Waals surface area contributed by atoms with E-state index in [-0.39, 0.29) is 0 Å². The Kier molecular flexibility index (Phi) is 3.32. The van der Waals surface area contributed by atoms with Gasteiger partial charge in [0.05, 0.1) is 20.5 Å². The van der Waals surface area contributed by atoms with Crippen LogP contribution in [0.4, 0.5) is 5.82 Å². The van der Waals surface area contributed by atoms with Gasteiger partial charge in [-0.05, 0) is 24.3 Å². The molecule has 0 unspecified atom stereocenters. The predicted octanol–water partition coefficient (Wildman–Crippen LogP) is 3.40. The number of anilines is 1. The summed E-state index contributed by atoms with van der Waals surface area (Å²) in [5, 5.41) is 9.00. The highest BCUT2D eigenvalue weighted by Crippen LogP contribution is 2.31. The van der Waals surface area contributed by atoms with Gasteiger partial charge in [-0.1, -0.05) is 11.6 Å².